The van der Waals surface area contributed by atoms with E-state index in [9.17, 15) is 20.1 Å². The van der Waals surface area contributed by atoms with E-state index in [0.717, 1.165) is 6.54 Å². The molecule has 6 N–H and O–H groups in total. The lowest BCUT2D eigenvalue weighted by Gasteiger charge is -2.17. The topological polar surface area (TPSA) is 169 Å². The van der Waals surface area contributed by atoms with Crippen LogP contribution < -0.4 is 11.1 Å². The number of carboxylic acids is 1. The van der Waals surface area contributed by atoms with Gasteiger partial charge in [-0.2, -0.15) is 0 Å². The van der Waals surface area contributed by atoms with Crippen LogP contribution in [0.1, 0.15) is 25.5 Å². The Labute approximate surface area is 182 Å². The van der Waals surface area contributed by atoms with Gasteiger partial charge >= 0.3 is 5.97 Å². The second-order valence-corrected chi connectivity index (χ2v) is 10.6. The molecule has 2 fully saturated rings. The average molecular weight is 454 g/mol. The fraction of sp³-hybridized carbons (Fsp3) is 0.684. The number of hydrogen-bond acceptors (Lipinski definition) is 9. The van der Waals surface area contributed by atoms with Gasteiger partial charge in [-0.3, -0.25) is 9.36 Å². The van der Waals surface area contributed by atoms with Crippen LogP contribution in [0.2, 0.25) is 0 Å². The van der Waals surface area contributed by atoms with E-state index in [0.29, 0.717) is 35.0 Å². The minimum atomic E-state index is -1.15. The Hall–Kier alpha value is -1.99. The molecule has 1 saturated carbocycles. The fourth-order valence-electron chi connectivity index (χ4n) is 3.78. The number of ether oxygens (including phenoxy) is 1. The van der Waals surface area contributed by atoms with Gasteiger partial charge in [0.2, 0.25) is 0 Å². The van der Waals surface area contributed by atoms with Crippen LogP contribution in [-0.4, -0.2) is 89.5 Å². The summed E-state index contributed by atoms with van der Waals surface area (Å²) in [5.74, 6) is 1.22. The predicted octanol–water partition coefficient (Wildman–Crippen LogP) is -0.881. The molecule has 0 aromatic carbocycles. The van der Waals surface area contributed by atoms with E-state index in [2.05, 4.69) is 20.3 Å². The van der Waals surface area contributed by atoms with E-state index in [1.165, 1.54) is 25.5 Å². The number of aliphatic carboxylic acids is 1. The van der Waals surface area contributed by atoms with Gasteiger partial charge in [0.15, 0.2) is 17.7 Å². The first-order valence-electron chi connectivity index (χ1n) is 10.3. The van der Waals surface area contributed by atoms with Gasteiger partial charge in [-0.15, -0.1) is 0 Å². The molecule has 1 aliphatic heterocycles. The van der Waals surface area contributed by atoms with Crippen LogP contribution in [0.25, 0.3) is 11.2 Å². The number of aromatic nitrogens is 4. The highest BCUT2D eigenvalue weighted by Crippen LogP contribution is 2.33. The van der Waals surface area contributed by atoms with Crippen molar-refractivity contribution >= 4 is 33.8 Å². The van der Waals surface area contributed by atoms with Crippen molar-refractivity contribution in [2.75, 3.05) is 30.0 Å². The molecule has 0 amide bonds. The standard InChI is InChI=1S/C19H28N6O5S/c1-31(5-4-11(19(28)29)21-6-10-2-3-10)7-12-14(26)15(27)18(30-12)25-9-24-13-16(20)22-8-23-17(13)25/h8-12,14-15,18,21,26-27H,2-7H2,1H3,(H2-,20,22,23,28,29)/p+1/t11-,12+,14+,15+,18+,31?/m0/s1. The molecule has 0 bridgehead atoms. The summed E-state index contributed by atoms with van der Waals surface area (Å²) >= 11 is 0. The van der Waals surface area contributed by atoms with E-state index < -0.39 is 36.6 Å². The highest BCUT2D eigenvalue weighted by molar-refractivity contribution is 7.96. The number of nitrogens with zero attached hydrogens (tertiary/aromatic N) is 4. The van der Waals surface area contributed by atoms with Gasteiger partial charge in [-0.05, 0) is 36.2 Å². The Bertz CT molecular complexity index is 924. The number of aliphatic hydroxyl groups is 2. The molecule has 2 aliphatic rings. The lowest BCUT2D eigenvalue weighted by molar-refractivity contribution is -0.139. The van der Waals surface area contributed by atoms with Gasteiger partial charge in [0.1, 0.15) is 47.7 Å². The summed E-state index contributed by atoms with van der Waals surface area (Å²) in [6, 6.07) is -0.564. The summed E-state index contributed by atoms with van der Waals surface area (Å²) in [5.41, 5.74) is 6.65. The van der Waals surface area contributed by atoms with Crippen LogP contribution in [0, 0.1) is 5.92 Å². The van der Waals surface area contributed by atoms with Crippen LogP contribution >= 0.6 is 0 Å². The number of imidazole rings is 1. The summed E-state index contributed by atoms with van der Waals surface area (Å²) in [6.45, 7) is 0.750. The third-order valence-electron chi connectivity index (χ3n) is 5.85. The van der Waals surface area contributed by atoms with Crippen molar-refractivity contribution in [3.8, 4) is 0 Å². The van der Waals surface area contributed by atoms with E-state index >= 15 is 0 Å². The quantitative estimate of drug-likeness (QED) is 0.285. The first-order valence-corrected chi connectivity index (χ1v) is 12.3. The van der Waals surface area contributed by atoms with Gasteiger partial charge in [0.25, 0.3) is 0 Å². The maximum Gasteiger partial charge on any atom is 0.320 e. The Morgan fingerprint density at radius 3 is 2.84 bits per heavy atom. The smallest absolute Gasteiger partial charge is 0.320 e. The molecular weight excluding hydrogens is 424 g/mol. The predicted molar refractivity (Wildman–Crippen MR) is 115 cm³/mol. The molecule has 0 radical (unpaired) electrons. The van der Waals surface area contributed by atoms with Crippen molar-refractivity contribution in [2.24, 2.45) is 5.92 Å². The molecule has 6 atom stereocenters. The summed E-state index contributed by atoms with van der Waals surface area (Å²) in [5, 5.41) is 33.7. The minimum Gasteiger partial charge on any atom is -0.480 e. The number of anilines is 1. The van der Waals surface area contributed by atoms with E-state index in [-0.39, 0.29) is 16.7 Å². The number of nitrogen functional groups attached to an aromatic ring is 1. The number of rotatable bonds is 10. The van der Waals surface area contributed by atoms with Crippen LogP contribution in [0.3, 0.4) is 0 Å². The van der Waals surface area contributed by atoms with Gasteiger partial charge in [0.05, 0.1) is 12.6 Å². The monoisotopic (exact) mass is 453 g/mol. The number of fused-ring (bicyclic) bond motifs is 1. The van der Waals surface area contributed by atoms with Crippen molar-refractivity contribution in [1.29, 1.82) is 0 Å². The maximum absolute atomic E-state index is 11.5. The summed E-state index contributed by atoms with van der Waals surface area (Å²) in [7, 11) is -0.194. The third kappa shape index (κ3) is 4.93. The number of nitrogens with one attached hydrogen (secondary N) is 1. The fourth-order valence-corrected chi connectivity index (χ4v) is 5.42. The number of carboxylic acid groups (broad SMARTS) is 1. The average Bonchev–Trinajstić information content (AvgIpc) is 3.40. The lowest BCUT2D eigenvalue weighted by atomic mass is 10.1. The van der Waals surface area contributed by atoms with Gasteiger partial charge < -0.3 is 31.1 Å². The molecule has 1 aliphatic carbocycles. The molecule has 31 heavy (non-hydrogen) atoms. The van der Waals surface area contributed by atoms with Crippen molar-refractivity contribution in [3.05, 3.63) is 12.7 Å². The van der Waals surface area contributed by atoms with Crippen LogP contribution in [0.5, 0.6) is 0 Å². The van der Waals surface area contributed by atoms with Crippen LogP contribution in [0.15, 0.2) is 12.7 Å². The van der Waals surface area contributed by atoms with Crippen molar-refractivity contribution in [3.63, 3.8) is 0 Å². The molecule has 1 unspecified atom stereocenters. The number of hydrogen-bond donors (Lipinski definition) is 5. The highest BCUT2D eigenvalue weighted by atomic mass is 32.2. The highest BCUT2D eigenvalue weighted by Gasteiger charge is 2.46. The van der Waals surface area contributed by atoms with E-state index in [4.69, 9.17) is 10.5 Å². The Morgan fingerprint density at radius 2 is 2.13 bits per heavy atom. The number of carbonyl (C=O) groups is 1. The van der Waals surface area contributed by atoms with Crippen LogP contribution in [-0.2, 0) is 20.4 Å². The lowest BCUT2D eigenvalue weighted by Crippen LogP contribution is -2.40. The Morgan fingerprint density at radius 1 is 1.35 bits per heavy atom. The maximum atomic E-state index is 11.5. The zero-order valence-corrected chi connectivity index (χ0v) is 18.1. The Balaban J connectivity index is 1.35. The third-order valence-corrected chi connectivity index (χ3v) is 7.68. The number of aliphatic hydroxyl groups excluding tert-OH is 2. The molecule has 2 aromatic heterocycles. The molecular formula is C19H29N6O5S+. The minimum absolute atomic E-state index is 0.194. The second-order valence-electron chi connectivity index (χ2n) is 8.31. The van der Waals surface area contributed by atoms with Gasteiger partial charge in [-0.1, -0.05) is 0 Å². The zero-order chi connectivity index (χ0) is 22.1. The summed E-state index contributed by atoms with van der Waals surface area (Å²) in [6.07, 6.45) is 4.01. The SMILES string of the molecule is C[S+](CC[C@H](NCC1CC1)C(=O)O)C[C@H]1O[C@@H](n2cnc3c(N)ncnc32)[C@H](O)[C@@H]1O. The summed E-state index contributed by atoms with van der Waals surface area (Å²) in [4.78, 5) is 23.8. The molecule has 12 heteroatoms. The van der Waals surface area contributed by atoms with Crippen molar-refractivity contribution < 1.29 is 24.9 Å². The largest absolute Gasteiger partial charge is 0.480 e. The Kier molecular flexibility index (Phi) is 6.63. The molecule has 11 nitrogen and oxygen atoms in total. The van der Waals surface area contributed by atoms with E-state index in [1.54, 1.807) is 4.57 Å². The summed E-state index contributed by atoms with van der Waals surface area (Å²) < 4.78 is 7.54. The van der Waals surface area contributed by atoms with Crippen LogP contribution in [0.4, 0.5) is 5.82 Å². The van der Waals surface area contributed by atoms with Crippen molar-refractivity contribution in [2.45, 2.75) is 49.8 Å². The normalized spacial score (nSPS) is 28.1. The van der Waals surface area contributed by atoms with Crippen molar-refractivity contribution in [1.82, 2.24) is 24.8 Å². The zero-order valence-electron chi connectivity index (χ0n) is 17.3. The molecule has 1 saturated heterocycles. The van der Waals surface area contributed by atoms with E-state index in [1.807, 2.05) is 6.26 Å². The molecule has 3 heterocycles. The molecule has 4 rings (SSSR count). The van der Waals surface area contributed by atoms with Gasteiger partial charge in [-0.25, -0.2) is 15.0 Å². The molecule has 0 spiro atoms. The second kappa shape index (κ2) is 9.25. The first-order chi connectivity index (χ1) is 14.8. The number of nitrogens with two attached hydrogens (primary N) is 1. The molecule has 170 valence electrons. The van der Waals surface area contributed by atoms with Gasteiger partial charge in [0, 0.05) is 6.42 Å². The first kappa shape index (κ1) is 22.2. The molecule has 2 aromatic rings.